The van der Waals surface area contributed by atoms with Crippen LogP contribution in [-0.2, 0) is 14.4 Å². The number of amides is 1. The lowest BCUT2D eigenvalue weighted by molar-refractivity contribution is -0.142. The Morgan fingerprint density at radius 1 is 0.947 bits per heavy atom. The first-order chi connectivity index (χ1) is 8.99. The van der Waals surface area contributed by atoms with Crippen LogP contribution in [0.2, 0.25) is 0 Å². The van der Waals surface area contributed by atoms with Crippen LogP contribution in [0, 0.1) is 5.92 Å². The molecule has 0 saturated heterocycles. The van der Waals surface area contributed by atoms with Crippen molar-refractivity contribution in [3.63, 3.8) is 0 Å². The monoisotopic (exact) mass is 271 g/mol. The number of hydrogen-bond donors (Lipinski definition) is 3. The van der Waals surface area contributed by atoms with Gasteiger partial charge in [-0.1, -0.05) is 12.8 Å². The molecule has 0 aliphatic heterocycles. The van der Waals surface area contributed by atoms with Crippen molar-refractivity contribution in [3.8, 4) is 0 Å². The largest absolute Gasteiger partial charge is 0.481 e. The van der Waals surface area contributed by atoms with Crippen LogP contribution in [0.25, 0.3) is 0 Å². The van der Waals surface area contributed by atoms with E-state index in [9.17, 15) is 14.4 Å². The number of carboxylic acids is 2. The SMILES string of the molecule is O=C(O)CCC(=O)NC1CCCC(C(=O)O)CCC1. The van der Waals surface area contributed by atoms with Crippen LogP contribution in [0.1, 0.15) is 51.4 Å². The van der Waals surface area contributed by atoms with Crippen LogP contribution in [0.4, 0.5) is 0 Å². The fraction of sp³-hybridized carbons (Fsp3) is 0.769. The summed E-state index contributed by atoms with van der Waals surface area (Å²) < 4.78 is 0. The molecule has 0 aromatic heterocycles. The predicted molar refractivity (Wildman–Crippen MR) is 67.6 cm³/mol. The van der Waals surface area contributed by atoms with E-state index < -0.39 is 11.9 Å². The van der Waals surface area contributed by atoms with Crippen LogP contribution in [-0.4, -0.2) is 34.1 Å². The van der Waals surface area contributed by atoms with Crippen molar-refractivity contribution in [2.75, 3.05) is 0 Å². The molecule has 1 aliphatic rings. The quantitative estimate of drug-likeness (QED) is 0.701. The maximum Gasteiger partial charge on any atom is 0.306 e. The van der Waals surface area contributed by atoms with E-state index in [-0.39, 0.29) is 30.7 Å². The lowest BCUT2D eigenvalue weighted by atomic mass is 9.89. The van der Waals surface area contributed by atoms with Gasteiger partial charge in [0.25, 0.3) is 0 Å². The fourth-order valence-corrected chi connectivity index (χ4v) is 2.42. The first-order valence-corrected chi connectivity index (χ1v) is 6.73. The van der Waals surface area contributed by atoms with Crippen LogP contribution in [0.5, 0.6) is 0 Å². The molecule has 0 heterocycles. The minimum atomic E-state index is -0.975. The first kappa shape index (κ1) is 15.5. The summed E-state index contributed by atoms with van der Waals surface area (Å²) in [5.41, 5.74) is 0. The third kappa shape index (κ3) is 6.22. The Kier molecular flexibility index (Phi) is 6.32. The maximum absolute atomic E-state index is 11.5. The van der Waals surface area contributed by atoms with E-state index in [1.807, 2.05) is 0 Å². The van der Waals surface area contributed by atoms with Crippen molar-refractivity contribution in [2.45, 2.75) is 57.4 Å². The van der Waals surface area contributed by atoms with Gasteiger partial charge in [-0.05, 0) is 25.7 Å². The summed E-state index contributed by atoms with van der Waals surface area (Å²) in [4.78, 5) is 32.8. The van der Waals surface area contributed by atoms with Gasteiger partial charge >= 0.3 is 11.9 Å². The summed E-state index contributed by atoms with van der Waals surface area (Å²) in [5, 5.41) is 20.3. The Morgan fingerprint density at radius 2 is 1.53 bits per heavy atom. The zero-order chi connectivity index (χ0) is 14.3. The highest BCUT2D eigenvalue weighted by molar-refractivity contribution is 5.80. The van der Waals surface area contributed by atoms with Gasteiger partial charge in [-0.25, -0.2) is 0 Å². The summed E-state index contributed by atoms with van der Waals surface area (Å²) in [7, 11) is 0. The molecule has 1 amide bonds. The Hall–Kier alpha value is -1.59. The fourth-order valence-electron chi connectivity index (χ4n) is 2.42. The van der Waals surface area contributed by atoms with Gasteiger partial charge in [0.2, 0.25) is 5.91 Å². The van der Waals surface area contributed by atoms with Gasteiger partial charge in [-0.2, -0.15) is 0 Å². The zero-order valence-electron chi connectivity index (χ0n) is 10.9. The van der Waals surface area contributed by atoms with Crippen LogP contribution in [0.3, 0.4) is 0 Å². The van der Waals surface area contributed by atoms with Crippen LogP contribution in [0.15, 0.2) is 0 Å². The molecule has 1 fully saturated rings. The van der Waals surface area contributed by atoms with Gasteiger partial charge in [0.15, 0.2) is 0 Å². The minimum absolute atomic E-state index is 0.00356. The highest BCUT2D eigenvalue weighted by Crippen LogP contribution is 2.22. The summed E-state index contributed by atoms with van der Waals surface area (Å²) in [6, 6.07) is 0.0519. The van der Waals surface area contributed by atoms with Gasteiger partial charge in [0, 0.05) is 12.5 Å². The summed E-state index contributed by atoms with van der Waals surface area (Å²) >= 11 is 0. The number of carbonyl (C=O) groups excluding carboxylic acids is 1. The predicted octanol–water partition coefficient (Wildman–Crippen LogP) is 1.39. The normalized spacial score (nSPS) is 24.0. The molecule has 3 N–H and O–H groups in total. The molecular formula is C13H21NO5. The lowest BCUT2D eigenvalue weighted by Crippen LogP contribution is -2.36. The van der Waals surface area contributed by atoms with Gasteiger partial charge in [-0.15, -0.1) is 0 Å². The summed E-state index contributed by atoms with van der Waals surface area (Å²) in [6.45, 7) is 0. The Balaban J connectivity index is 2.31. The van der Waals surface area contributed by atoms with Gasteiger partial charge in [0.1, 0.15) is 0 Å². The minimum Gasteiger partial charge on any atom is -0.481 e. The highest BCUT2D eigenvalue weighted by Gasteiger charge is 2.22. The van der Waals surface area contributed by atoms with Gasteiger partial charge < -0.3 is 15.5 Å². The third-order valence-corrected chi connectivity index (χ3v) is 3.49. The Morgan fingerprint density at radius 3 is 2.00 bits per heavy atom. The average molecular weight is 271 g/mol. The second kappa shape index (κ2) is 7.76. The molecule has 0 aromatic carbocycles. The van der Waals surface area contributed by atoms with Gasteiger partial charge in [0.05, 0.1) is 12.3 Å². The van der Waals surface area contributed by atoms with Crippen molar-refractivity contribution in [1.82, 2.24) is 5.32 Å². The smallest absolute Gasteiger partial charge is 0.306 e. The molecule has 6 heteroatoms. The molecule has 1 rings (SSSR count). The first-order valence-electron chi connectivity index (χ1n) is 6.73. The molecular weight excluding hydrogens is 250 g/mol. The van der Waals surface area contributed by atoms with Crippen LogP contribution < -0.4 is 5.32 Å². The van der Waals surface area contributed by atoms with Crippen molar-refractivity contribution in [3.05, 3.63) is 0 Å². The lowest BCUT2D eigenvalue weighted by Gasteiger charge is -2.23. The summed E-state index contributed by atoms with van der Waals surface area (Å²) in [5.74, 6) is -2.20. The number of rotatable bonds is 5. The van der Waals surface area contributed by atoms with E-state index in [0.29, 0.717) is 12.8 Å². The Labute approximate surface area is 112 Å². The molecule has 0 radical (unpaired) electrons. The van der Waals surface area contributed by atoms with E-state index in [1.54, 1.807) is 0 Å². The molecule has 1 saturated carbocycles. The molecule has 19 heavy (non-hydrogen) atoms. The van der Waals surface area contributed by atoms with Crippen molar-refractivity contribution < 1.29 is 24.6 Å². The third-order valence-electron chi connectivity index (χ3n) is 3.49. The van der Waals surface area contributed by atoms with E-state index in [4.69, 9.17) is 10.2 Å². The number of nitrogens with one attached hydrogen (secondary N) is 1. The maximum atomic E-state index is 11.5. The average Bonchev–Trinajstić information content (AvgIpc) is 2.29. The zero-order valence-corrected chi connectivity index (χ0v) is 10.9. The molecule has 108 valence electrons. The number of carboxylic acid groups (broad SMARTS) is 2. The molecule has 0 bridgehead atoms. The number of aliphatic carboxylic acids is 2. The van der Waals surface area contributed by atoms with Crippen LogP contribution >= 0.6 is 0 Å². The van der Waals surface area contributed by atoms with E-state index in [2.05, 4.69) is 5.32 Å². The summed E-state index contributed by atoms with van der Waals surface area (Å²) in [6.07, 6.45) is 4.24. The van der Waals surface area contributed by atoms with E-state index in [1.165, 1.54) is 0 Å². The van der Waals surface area contributed by atoms with Crippen molar-refractivity contribution >= 4 is 17.8 Å². The highest BCUT2D eigenvalue weighted by atomic mass is 16.4. The standard InChI is InChI=1S/C13H21NO5/c15-11(7-8-12(16)17)14-10-5-1-3-9(13(18)19)4-2-6-10/h9-10H,1-8H2,(H,14,15)(H,16,17)(H,18,19). The molecule has 0 spiro atoms. The van der Waals surface area contributed by atoms with Crippen molar-refractivity contribution in [1.29, 1.82) is 0 Å². The second-order valence-corrected chi connectivity index (χ2v) is 5.06. The molecule has 0 aromatic rings. The molecule has 1 aliphatic carbocycles. The molecule has 0 unspecified atom stereocenters. The van der Waals surface area contributed by atoms with Gasteiger partial charge in [-0.3, -0.25) is 14.4 Å². The number of carbonyl (C=O) groups is 3. The number of hydrogen-bond acceptors (Lipinski definition) is 3. The second-order valence-electron chi connectivity index (χ2n) is 5.06. The topological polar surface area (TPSA) is 104 Å². The Bertz CT molecular complexity index is 332. The van der Waals surface area contributed by atoms with E-state index in [0.717, 1.165) is 25.7 Å². The molecule has 0 atom stereocenters. The van der Waals surface area contributed by atoms with Crippen molar-refractivity contribution in [2.24, 2.45) is 5.92 Å². The van der Waals surface area contributed by atoms with E-state index >= 15 is 0 Å². The molecule has 6 nitrogen and oxygen atoms in total.